The Morgan fingerprint density at radius 1 is 1.41 bits per heavy atom. The second kappa shape index (κ2) is 5.98. The Labute approximate surface area is 105 Å². The highest BCUT2D eigenvalue weighted by molar-refractivity contribution is 5.85. The smallest absolute Gasteiger partial charge is 0.320 e. The summed E-state index contributed by atoms with van der Waals surface area (Å²) in [6, 6.07) is 5.96. The molecule has 0 saturated carbocycles. The van der Waals surface area contributed by atoms with E-state index in [-0.39, 0.29) is 18.2 Å². The fourth-order valence-electron chi connectivity index (χ4n) is 2.11. The lowest BCUT2D eigenvalue weighted by Gasteiger charge is -2.08. The van der Waals surface area contributed by atoms with Crippen LogP contribution < -0.4 is 5.32 Å². The van der Waals surface area contributed by atoms with Crippen LogP contribution in [0.2, 0.25) is 0 Å². The van der Waals surface area contributed by atoms with E-state index in [1.54, 1.807) is 12.1 Å². The number of benzene rings is 1. The fraction of sp³-hybridized carbons (Fsp3) is 0.417. The Morgan fingerprint density at radius 2 is 2.06 bits per heavy atom. The Balaban J connectivity index is 0.00000144. The van der Waals surface area contributed by atoms with Crippen LogP contribution in [0, 0.1) is 11.7 Å². The van der Waals surface area contributed by atoms with Crippen LogP contribution in [0.4, 0.5) is 4.39 Å². The molecule has 3 nitrogen and oxygen atoms in total. The lowest BCUT2D eigenvalue weighted by molar-refractivity contribution is -0.139. The predicted molar refractivity (Wildman–Crippen MR) is 64.9 cm³/mol. The van der Waals surface area contributed by atoms with Gasteiger partial charge in [-0.1, -0.05) is 12.1 Å². The zero-order valence-corrected chi connectivity index (χ0v) is 10.0. The minimum atomic E-state index is -0.790. The molecule has 0 aromatic heterocycles. The van der Waals surface area contributed by atoms with Crippen LogP contribution in [-0.2, 0) is 11.2 Å². The summed E-state index contributed by atoms with van der Waals surface area (Å²) in [5.41, 5.74) is 1.05. The average Bonchev–Trinajstić information content (AvgIpc) is 2.70. The zero-order chi connectivity index (χ0) is 11.5. The van der Waals surface area contributed by atoms with E-state index in [0.29, 0.717) is 18.9 Å². The van der Waals surface area contributed by atoms with Crippen LogP contribution in [0.3, 0.4) is 0 Å². The third kappa shape index (κ3) is 3.68. The number of carboxylic acid groups (broad SMARTS) is 1. The molecule has 2 N–H and O–H groups in total. The van der Waals surface area contributed by atoms with Crippen molar-refractivity contribution in [3.8, 4) is 0 Å². The molecule has 5 heteroatoms. The molecule has 2 atom stereocenters. The van der Waals surface area contributed by atoms with E-state index >= 15 is 0 Å². The first kappa shape index (κ1) is 13.9. The standard InChI is InChI=1S/C12H14FNO2.ClH/c13-10-3-1-8(2-4-10)5-9-6-11(12(15)16)14-7-9;/h1-4,9,11,14H,5-7H2,(H,15,16);1H. The Morgan fingerprint density at radius 3 is 2.59 bits per heavy atom. The number of nitrogens with one attached hydrogen (secondary N) is 1. The molecule has 1 aromatic carbocycles. The molecular weight excluding hydrogens is 245 g/mol. The van der Waals surface area contributed by atoms with Gasteiger partial charge in [0.1, 0.15) is 11.9 Å². The Hall–Kier alpha value is -1.13. The van der Waals surface area contributed by atoms with Gasteiger partial charge in [0, 0.05) is 0 Å². The second-order valence-corrected chi connectivity index (χ2v) is 4.23. The lowest BCUT2D eigenvalue weighted by Crippen LogP contribution is -2.29. The molecule has 0 bridgehead atoms. The normalized spacial score (nSPS) is 23.1. The molecule has 2 unspecified atom stereocenters. The summed E-state index contributed by atoms with van der Waals surface area (Å²) < 4.78 is 12.7. The number of carbonyl (C=O) groups is 1. The number of rotatable bonds is 3. The first-order valence-electron chi connectivity index (χ1n) is 5.36. The summed E-state index contributed by atoms with van der Waals surface area (Å²) in [6.07, 6.45) is 1.45. The monoisotopic (exact) mass is 259 g/mol. The Kier molecular flexibility index (Phi) is 4.90. The van der Waals surface area contributed by atoms with Crippen molar-refractivity contribution in [3.63, 3.8) is 0 Å². The largest absolute Gasteiger partial charge is 0.480 e. The SMILES string of the molecule is Cl.O=C(O)C1CC(Cc2ccc(F)cc2)CN1. The molecule has 0 spiro atoms. The maximum atomic E-state index is 12.7. The molecule has 1 heterocycles. The maximum Gasteiger partial charge on any atom is 0.320 e. The second-order valence-electron chi connectivity index (χ2n) is 4.23. The van der Waals surface area contributed by atoms with Crippen molar-refractivity contribution in [1.82, 2.24) is 5.32 Å². The summed E-state index contributed by atoms with van der Waals surface area (Å²) >= 11 is 0. The number of hydrogen-bond acceptors (Lipinski definition) is 2. The molecule has 2 rings (SSSR count). The van der Waals surface area contributed by atoms with E-state index in [1.165, 1.54) is 12.1 Å². The molecule has 1 fully saturated rings. The fourth-order valence-corrected chi connectivity index (χ4v) is 2.11. The molecule has 1 aromatic rings. The summed E-state index contributed by atoms with van der Waals surface area (Å²) in [4.78, 5) is 10.7. The first-order chi connectivity index (χ1) is 7.65. The van der Waals surface area contributed by atoms with Gasteiger partial charge >= 0.3 is 5.97 Å². The molecule has 0 radical (unpaired) electrons. The van der Waals surface area contributed by atoms with Gasteiger partial charge in [-0.2, -0.15) is 0 Å². The topological polar surface area (TPSA) is 49.3 Å². The predicted octanol–water partition coefficient (Wildman–Crippen LogP) is 1.85. The molecular formula is C12H15ClFNO2. The number of halogens is 2. The van der Waals surface area contributed by atoms with Crippen molar-refractivity contribution in [2.24, 2.45) is 5.92 Å². The Bertz CT molecular complexity index is 383. The van der Waals surface area contributed by atoms with Crippen molar-refractivity contribution in [2.75, 3.05) is 6.54 Å². The van der Waals surface area contributed by atoms with Crippen LogP contribution in [-0.4, -0.2) is 23.7 Å². The van der Waals surface area contributed by atoms with Crippen molar-refractivity contribution in [1.29, 1.82) is 0 Å². The highest BCUT2D eigenvalue weighted by Crippen LogP contribution is 2.19. The van der Waals surface area contributed by atoms with Gasteiger partial charge in [-0.25, -0.2) is 4.39 Å². The highest BCUT2D eigenvalue weighted by atomic mass is 35.5. The maximum absolute atomic E-state index is 12.7. The minimum Gasteiger partial charge on any atom is -0.480 e. The van der Waals surface area contributed by atoms with Crippen molar-refractivity contribution < 1.29 is 14.3 Å². The third-order valence-corrected chi connectivity index (χ3v) is 2.96. The van der Waals surface area contributed by atoms with E-state index in [1.807, 2.05) is 0 Å². The van der Waals surface area contributed by atoms with E-state index in [9.17, 15) is 9.18 Å². The molecule has 0 aliphatic carbocycles. The summed E-state index contributed by atoms with van der Waals surface area (Å²) in [5, 5.41) is 11.8. The van der Waals surface area contributed by atoms with Crippen molar-refractivity contribution in [2.45, 2.75) is 18.9 Å². The van der Waals surface area contributed by atoms with E-state index in [2.05, 4.69) is 5.32 Å². The van der Waals surface area contributed by atoms with Gasteiger partial charge in [-0.15, -0.1) is 12.4 Å². The molecule has 94 valence electrons. The van der Waals surface area contributed by atoms with Gasteiger partial charge in [0.25, 0.3) is 0 Å². The van der Waals surface area contributed by atoms with Gasteiger partial charge in [-0.05, 0) is 43.0 Å². The molecule has 0 amide bonds. The minimum absolute atomic E-state index is 0. The molecule has 1 aliphatic rings. The summed E-state index contributed by atoms with van der Waals surface area (Å²) in [6.45, 7) is 0.717. The van der Waals surface area contributed by atoms with Crippen LogP contribution in [0.15, 0.2) is 24.3 Å². The lowest BCUT2D eigenvalue weighted by atomic mass is 9.97. The number of hydrogen-bond donors (Lipinski definition) is 2. The van der Waals surface area contributed by atoms with Crippen molar-refractivity contribution in [3.05, 3.63) is 35.6 Å². The van der Waals surface area contributed by atoms with Crippen LogP contribution in [0.5, 0.6) is 0 Å². The quantitative estimate of drug-likeness (QED) is 0.871. The third-order valence-electron chi connectivity index (χ3n) is 2.96. The van der Waals surface area contributed by atoms with Crippen LogP contribution >= 0.6 is 12.4 Å². The van der Waals surface area contributed by atoms with Gasteiger partial charge in [-0.3, -0.25) is 4.79 Å². The van der Waals surface area contributed by atoms with Crippen LogP contribution in [0.25, 0.3) is 0 Å². The first-order valence-corrected chi connectivity index (χ1v) is 5.36. The van der Waals surface area contributed by atoms with E-state index in [4.69, 9.17) is 5.11 Å². The number of aliphatic carboxylic acids is 1. The van der Waals surface area contributed by atoms with E-state index < -0.39 is 12.0 Å². The summed E-state index contributed by atoms with van der Waals surface area (Å²) in [5.74, 6) is -0.704. The molecule has 17 heavy (non-hydrogen) atoms. The summed E-state index contributed by atoms with van der Waals surface area (Å²) in [7, 11) is 0. The number of carboxylic acids is 1. The zero-order valence-electron chi connectivity index (χ0n) is 9.23. The van der Waals surface area contributed by atoms with Gasteiger partial charge in [0.2, 0.25) is 0 Å². The van der Waals surface area contributed by atoms with Gasteiger partial charge in [0.15, 0.2) is 0 Å². The molecule has 1 aliphatic heterocycles. The van der Waals surface area contributed by atoms with Gasteiger partial charge in [0.05, 0.1) is 0 Å². The molecule has 1 saturated heterocycles. The van der Waals surface area contributed by atoms with Gasteiger partial charge < -0.3 is 10.4 Å². The van der Waals surface area contributed by atoms with Crippen molar-refractivity contribution >= 4 is 18.4 Å². The van der Waals surface area contributed by atoms with Crippen LogP contribution in [0.1, 0.15) is 12.0 Å². The van der Waals surface area contributed by atoms with E-state index in [0.717, 1.165) is 12.0 Å². The highest BCUT2D eigenvalue weighted by Gasteiger charge is 2.28. The average molecular weight is 260 g/mol.